The second-order valence-electron chi connectivity index (χ2n) is 4.06. The van der Waals surface area contributed by atoms with Gasteiger partial charge in [-0.2, -0.15) is 0 Å². The Morgan fingerprint density at radius 2 is 2.06 bits per heavy atom. The van der Waals surface area contributed by atoms with Crippen molar-refractivity contribution >= 4 is 27.6 Å². The Hall–Kier alpha value is -1.03. The predicted molar refractivity (Wildman–Crippen MR) is 73.7 cm³/mol. The number of carboxylic acid groups (broad SMARTS) is 1. The number of rotatable bonds is 6. The Morgan fingerprint density at radius 3 is 2.53 bits per heavy atom. The normalized spacial score (nSPS) is 10.6. The number of hydrogen-bond donors (Lipinski definition) is 2. The Morgan fingerprint density at radius 1 is 1.41 bits per heavy atom. The van der Waals surface area contributed by atoms with Gasteiger partial charge in [0.05, 0.1) is 5.56 Å². The number of carbonyl (C=O) groups is 1. The van der Waals surface area contributed by atoms with Crippen LogP contribution in [0.25, 0.3) is 0 Å². The molecule has 0 aliphatic carbocycles. The largest absolute Gasteiger partial charge is 0.478 e. The molecule has 0 saturated carbocycles. The Labute approximate surface area is 110 Å². The minimum atomic E-state index is -0.905. The molecule has 0 fully saturated rings. The zero-order valence-electron chi connectivity index (χ0n) is 10.2. The fourth-order valence-electron chi connectivity index (χ4n) is 1.62. The van der Waals surface area contributed by atoms with E-state index in [9.17, 15) is 4.79 Å². The van der Waals surface area contributed by atoms with Crippen molar-refractivity contribution < 1.29 is 9.90 Å². The van der Waals surface area contributed by atoms with Crippen molar-refractivity contribution in [1.82, 2.24) is 0 Å². The van der Waals surface area contributed by atoms with Crippen molar-refractivity contribution in [1.29, 1.82) is 0 Å². The molecule has 0 aromatic heterocycles. The number of nitrogens with one attached hydrogen (secondary N) is 1. The third-order valence-electron chi connectivity index (χ3n) is 2.95. The van der Waals surface area contributed by atoms with E-state index >= 15 is 0 Å². The molecule has 0 saturated heterocycles. The van der Waals surface area contributed by atoms with Crippen LogP contribution in [0, 0.1) is 5.92 Å². The van der Waals surface area contributed by atoms with Crippen LogP contribution in [0.15, 0.2) is 22.7 Å². The lowest BCUT2D eigenvalue weighted by Crippen LogP contribution is -2.13. The number of hydrogen-bond acceptors (Lipinski definition) is 2. The van der Waals surface area contributed by atoms with Crippen LogP contribution in [0.4, 0.5) is 5.69 Å². The van der Waals surface area contributed by atoms with E-state index < -0.39 is 5.97 Å². The van der Waals surface area contributed by atoms with E-state index in [1.165, 1.54) is 0 Å². The molecule has 0 amide bonds. The molecular formula is C13H18BrNO2. The summed E-state index contributed by atoms with van der Waals surface area (Å²) in [7, 11) is 0. The highest BCUT2D eigenvalue weighted by molar-refractivity contribution is 9.10. The minimum absolute atomic E-state index is 0.296. The zero-order chi connectivity index (χ0) is 12.8. The van der Waals surface area contributed by atoms with Gasteiger partial charge in [0.15, 0.2) is 0 Å². The van der Waals surface area contributed by atoms with Crippen molar-refractivity contribution in [2.75, 3.05) is 11.9 Å². The summed E-state index contributed by atoms with van der Waals surface area (Å²) in [6, 6.07) is 5.04. The van der Waals surface area contributed by atoms with Gasteiger partial charge in [-0.15, -0.1) is 0 Å². The van der Waals surface area contributed by atoms with Gasteiger partial charge >= 0.3 is 5.97 Å². The van der Waals surface area contributed by atoms with E-state index in [-0.39, 0.29) is 0 Å². The van der Waals surface area contributed by atoms with Crippen LogP contribution in [0.2, 0.25) is 0 Å². The lowest BCUT2D eigenvalue weighted by Gasteiger charge is -2.15. The summed E-state index contributed by atoms with van der Waals surface area (Å²) in [5.74, 6) is -0.252. The molecule has 0 unspecified atom stereocenters. The van der Waals surface area contributed by atoms with Gasteiger partial charge in [0.2, 0.25) is 0 Å². The molecule has 4 heteroatoms. The van der Waals surface area contributed by atoms with E-state index in [4.69, 9.17) is 5.11 Å². The van der Waals surface area contributed by atoms with Gasteiger partial charge in [-0.3, -0.25) is 0 Å². The third-order valence-corrected chi connectivity index (χ3v) is 3.61. The van der Waals surface area contributed by atoms with Gasteiger partial charge in [-0.25, -0.2) is 4.79 Å². The first kappa shape index (κ1) is 14.0. The average Bonchev–Trinajstić information content (AvgIpc) is 2.31. The van der Waals surface area contributed by atoms with Crippen LogP contribution < -0.4 is 5.32 Å². The lowest BCUT2D eigenvalue weighted by molar-refractivity contribution is 0.0697. The quantitative estimate of drug-likeness (QED) is 0.835. The first-order chi connectivity index (χ1) is 8.08. The molecule has 0 aliphatic heterocycles. The Bertz CT molecular complexity index is 389. The summed E-state index contributed by atoms with van der Waals surface area (Å²) in [5, 5.41) is 12.2. The first-order valence-corrected chi connectivity index (χ1v) is 6.64. The standard InChI is InChI=1S/C13H18BrNO2/c1-3-9(4-2)8-15-12-6-5-10(13(16)17)7-11(12)14/h5-7,9,15H,3-4,8H2,1-2H3,(H,16,17). The number of carboxylic acids is 1. The molecule has 0 heterocycles. The second kappa shape index (κ2) is 6.64. The van der Waals surface area contributed by atoms with Crippen LogP contribution in [0.5, 0.6) is 0 Å². The van der Waals surface area contributed by atoms with Gasteiger partial charge < -0.3 is 10.4 Å². The van der Waals surface area contributed by atoms with Gasteiger partial charge in [-0.1, -0.05) is 26.7 Å². The monoisotopic (exact) mass is 299 g/mol. The molecule has 3 nitrogen and oxygen atoms in total. The molecule has 94 valence electrons. The minimum Gasteiger partial charge on any atom is -0.478 e. The highest BCUT2D eigenvalue weighted by atomic mass is 79.9. The number of aromatic carboxylic acids is 1. The smallest absolute Gasteiger partial charge is 0.335 e. The van der Waals surface area contributed by atoms with E-state index in [2.05, 4.69) is 35.1 Å². The van der Waals surface area contributed by atoms with E-state index in [0.717, 1.165) is 29.5 Å². The Balaban J connectivity index is 2.69. The van der Waals surface area contributed by atoms with Gasteiger partial charge in [0.25, 0.3) is 0 Å². The fraction of sp³-hybridized carbons (Fsp3) is 0.462. The van der Waals surface area contributed by atoms with Crippen molar-refractivity contribution in [3.8, 4) is 0 Å². The topological polar surface area (TPSA) is 49.3 Å². The fourth-order valence-corrected chi connectivity index (χ4v) is 2.14. The van der Waals surface area contributed by atoms with Crippen LogP contribution in [0.3, 0.4) is 0 Å². The number of benzene rings is 1. The number of halogens is 1. The van der Waals surface area contributed by atoms with Crippen LogP contribution in [-0.2, 0) is 0 Å². The van der Waals surface area contributed by atoms with Crippen LogP contribution in [0.1, 0.15) is 37.0 Å². The Kier molecular flexibility index (Phi) is 5.48. The first-order valence-electron chi connectivity index (χ1n) is 5.85. The SMILES string of the molecule is CCC(CC)CNc1ccc(C(=O)O)cc1Br. The number of anilines is 1. The van der Waals surface area contributed by atoms with Gasteiger partial charge in [0, 0.05) is 16.7 Å². The molecule has 1 aromatic carbocycles. The molecule has 0 spiro atoms. The molecule has 1 rings (SSSR count). The van der Waals surface area contributed by atoms with Gasteiger partial charge in [-0.05, 0) is 40.0 Å². The average molecular weight is 300 g/mol. The predicted octanol–water partition coefficient (Wildman–Crippen LogP) is 4.00. The molecule has 17 heavy (non-hydrogen) atoms. The molecule has 0 aliphatic rings. The maximum Gasteiger partial charge on any atom is 0.335 e. The van der Waals surface area contributed by atoms with Crippen molar-refractivity contribution in [3.63, 3.8) is 0 Å². The zero-order valence-corrected chi connectivity index (χ0v) is 11.8. The summed E-state index contributed by atoms with van der Waals surface area (Å²) < 4.78 is 0.795. The molecule has 0 atom stereocenters. The molecular weight excluding hydrogens is 282 g/mol. The van der Waals surface area contributed by atoms with E-state index in [1.54, 1.807) is 18.2 Å². The van der Waals surface area contributed by atoms with Crippen molar-refractivity contribution in [2.45, 2.75) is 26.7 Å². The summed E-state index contributed by atoms with van der Waals surface area (Å²) in [4.78, 5) is 10.8. The van der Waals surface area contributed by atoms with E-state index in [0.29, 0.717) is 11.5 Å². The van der Waals surface area contributed by atoms with Crippen LogP contribution in [-0.4, -0.2) is 17.6 Å². The maximum atomic E-state index is 10.8. The maximum absolute atomic E-state index is 10.8. The summed E-state index contributed by atoms with van der Waals surface area (Å²) in [5.41, 5.74) is 1.24. The second-order valence-corrected chi connectivity index (χ2v) is 4.92. The van der Waals surface area contributed by atoms with E-state index in [1.807, 2.05) is 0 Å². The van der Waals surface area contributed by atoms with Gasteiger partial charge in [0.1, 0.15) is 0 Å². The molecule has 0 radical (unpaired) electrons. The lowest BCUT2D eigenvalue weighted by atomic mass is 10.0. The highest BCUT2D eigenvalue weighted by Crippen LogP contribution is 2.24. The van der Waals surface area contributed by atoms with Crippen molar-refractivity contribution in [3.05, 3.63) is 28.2 Å². The highest BCUT2D eigenvalue weighted by Gasteiger charge is 2.08. The van der Waals surface area contributed by atoms with Crippen molar-refractivity contribution in [2.24, 2.45) is 5.92 Å². The summed E-state index contributed by atoms with van der Waals surface area (Å²) in [6.45, 7) is 5.27. The molecule has 1 aromatic rings. The third kappa shape index (κ3) is 4.04. The van der Waals surface area contributed by atoms with Crippen LogP contribution >= 0.6 is 15.9 Å². The molecule has 2 N–H and O–H groups in total. The molecule has 0 bridgehead atoms. The summed E-state index contributed by atoms with van der Waals surface area (Å²) in [6.07, 6.45) is 2.29. The summed E-state index contributed by atoms with van der Waals surface area (Å²) >= 11 is 3.38.